The number of carbonyl (C=O) groups is 1. The topological polar surface area (TPSA) is 101 Å². The monoisotopic (exact) mass is 313 g/mol. The van der Waals surface area contributed by atoms with E-state index in [1.54, 1.807) is 24.3 Å². The minimum Gasteiger partial charge on any atom is -0.330 e. The summed E-state index contributed by atoms with van der Waals surface area (Å²) >= 11 is 0. The molecule has 0 atom stereocenters. The van der Waals surface area contributed by atoms with Crippen LogP contribution in [0.1, 0.15) is 32.1 Å². The second kappa shape index (κ2) is 8.63. The standard InChI is InChI=1S/C14H23N3O3S/c1-21(19,20)17-13-9-7-12(8-10-13)16-14(18)6-4-2-3-5-11-15/h7-10,17H,2-6,11,15H2,1H3,(H,16,18). The molecule has 21 heavy (non-hydrogen) atoms. The second-order valence-corrected chi connectivity index (χ2v) is 6.70. The Morgan fingerprint density at radius 2 is 1.62 bits per heavy atom. The van der Waals surface area contributed by atoms with Crippen LogP contribution in [0.15, 0.2) is 24.3 Å². The fourth-order valence-electron chi connectivity index (χ4n) is 1.84. The molecule has 0 aromatic heterocycles. The first kappa shape index (κ1) is 17.5. The van der Waals surface area contributed by atoms with E-state index in [4.69, 9.17) is 5.73 Å². The van der Waals surface area contributed by atoms with Crippen LogP contribution in [0, 0.1) is 0 Å². The van der Waals surface area contributed by atoms with Gasteiger partial charge in [0, 0.05) is 17.8 Å². The van der Waals surface area contributed by atoms with Crippen molar-refractivity contribution in [3.8, 4) is 0 Å². The maximum atomic E-state index is 11.7. The van der Waals surface area contributed by atoms with E-state index >= 15 is 0 Å². The van der Waals surface area contributed by atoms with Gasteiger partial charge in [-0.1, -0.05) is 12.8 Å². The molecule has 7 heteroatoms. The third-order valence-electron chi connectivity index (χ3n) is 2.83. The molecule has 1 rings (SSSR count). The number of sulfonamides is 1. The maximum absolute atomic E-state index is 11.7. The van der Waals surface area contributed by atoms with Crippen molar-refractivity contribution in [1.29, 1.82) is 0 Å². The molecule has 0 saturated heterocycles. The molecule has 0 bridgehead atoms. The minimum atomic E-state index is -3.28. The summed E-state index contributed by atoms with van der Waals surface area (Å²) in [6, 6.07) is 6.55. The van der Waals surface area contributed by atoms with Crippen LogP contribution in [0.5, 0.6) is 0 Å². The van der Waals surface area contributed by atoms with E-state index in [-0.39, 0.29) is 5.91 Å². The summed E-state index contributed by atoms with van der Waals surface area (Å²) in [5.74, 6) is -0.0356. The Morgan fingerprint density at radius 1 is 1.05 bits per heavy atom. The summed E-state index contributed by atoms with van der Waals surface area (Å²) in [7, 11) is -3.28. The first-order chi connectivity index (χ1) is 9.90. The molecule has 0 aliphatic carbocycles. The third kappa shape index (κ3) is 8.31. The van der Waals surface area contributed by atoms with Crippen LogP contribution in [0.4, 0.5) is 11.4 Å². The van der Waals surface area contributed by atoms with Crippen LogP contribution in [-0.2, 0) is 14.8 Å². The van der Waals surface area contributed by atoms with Gasteiger partial charge in [-0.2, -0.15) is 0 Å². The molecule has 0 aliphatic rings. The first-order valence-electron chi connectivity index (χ1n) is 6.98. The Bertz CT molecular complexity index is 541. The Morgan fingerprint density at radius 3 is 2.19 bits per heavy atom. The zero-order chi connectivity index (χ0) is 15.7. The quantitative estimate of drug-likeness (QED) is 0.606. The number of carbonyl (C=O) groups excluding carboxylic acids is 1. The molecule has 0 heterocycles. The molecule has 0 saturated carbocycles. The van der Waals surface area contributed by atoms with Crippen molar-refractivity contribution in [1.82, 2.24) is 0 Å². The summed E-state index contributed by atoms with van der Waals surface area (Å²) in [5, 5.41) is 2.78. The van der Waals surface area contributed by atoms with E-state index in [0.717, 1.165) is 31.9 Å². The van der Waals surface area contributed by atoms with Crippen LogP contribution >= 0.6 is 0 Å². The van der Waals surface area contributed by atoms with E-state index in [1.807, 2.05) is 0 Å². The lowest BCUT2D eigenvalue weighted by atomic mass is 10.1. The normalized spacial score (nSPS) is 11.1. The first-order valence-corrected chi connectivity index (χ1v) is 8.87. The molecule has 4 N–H and O–H groups in total. The Kier molecular flexibility index (Phi) is 7.18. The highest BCUT2D eigenvalue weighted by Gasteiger charge is 2.04. The van der Waals surface area contributed by atoms with Gasteiger partial charge in [-0.25, -0.2) is 8.42 Å². The number of hydrogen-bond donors (Lipinski definition) is 3. The van der Waals surface area contributed by atoms with Gasteiger partial charge in [-0.15, -0.1) is 0 Å². The average Bonchev–Trinajstić information content (AvgIpc) is 2.39. The summed E-state index contributed by atoms with van der Waals surface area (Å²) in [6.45, 7) is 0.695. The van der Waals surface area contributed by atoms with Crippen LogP contribution < -0.4 is 15.8 Å². The van der Waals surface area contributed by atoms with Gasteiger partial charge in [0.05, 0.1) is 6.26 Å². The van der Waals surface area contributed by atoms with Gasteiger partial charge in [0.2, 0.25) is 15.9 Å². The molecule has 0 unspecified atom stereocenters. The van der Waals surface area contributed by atoms with Crippen molar-refractivity contribution in [3.63, 3.8) is 0 Å². The molecule has 0 radical (unpaired) electrons. The third-order valence-corrected chi connectivity index (χ3v) is 3.44. The van der Waals surface area contributed by atoms with Crippen molar-refractivity contribution in [2.45, 2.75) is 32.1 Å². The lowest BCUT2D eigenvalue weighted by Gasteiger charge is -2.07. The lowest BCUT2D eigenvalue weighted by Crippen LogP contribution is -2.12. The minimum absolute atomic E-state index is 0.0356. The molecule has 0 fully saturated rings. The van der Waals surface area contributed by atoms with E-state index in [0.29, 0.717) is 24.3 Å². The average molecular weight is 313 g/mol. The van der Waals surface area contributed by atoms with Gasteiger partial charge in [-0.05, 0) is 43.7 Å². The number of benzene rings is 1. The van der Waals surface area contributed by atoms with E-state index in [2.05, 4.69) is 10.0 Å². The lowest BCUT2D eigenvalue weighted by molar-refractivity contribution is -0.116. The number of anilines is 2. The zero-order valence-corrected chi connectivity index (χ0v) is 13.1. The Balaban J connectivity index is 2.36. The second-order valence-electron chi connectivity index (χ2n) is 4.95. The zero-order valence-electron chi connectivity index (χ0n) is 12.3. The van der Waals surface area contributed by atoms with Crippen molar-refractivity contribution in [2.24, 2.45) is 5.73 Å². The number of amides is 1. The van der Waals surface area contributed by atoms with Crippen LogP contribution in [0.2, 0.25) is 0 Å². The fourth-order valence-corrected chi connectivity index (χ4v) is 2.41. The summed E-state index contributed by atoms with van der Waals surface area (Å²) in [5.41, 5.74) is 6.52. The predicted octanol–water partition coefficient (Wildman–Crippen LogP) is 1.91. The summed E-state index contributed by atoms with van der Waals surface area (Å²) in [6.07, 6.45) is 5.47. The number of nitrogens with two attached hydrogens (primary N) is 1. The molecule has 1 aromatic carbocycles. The summed E-state index contributed by atoms with van der Waals surface area (Å²) in [4.78, 5) is 11.7. The SMILES string of the molecule is CS(=O)(=O)Nc1ccc(NC(=O)CCCCCCN)cc1. The molecule has 0 aliphatic heterocycles. The molecule has 118 valence electrons. The van der Waals surface area contributed by atoms with Gasteiger partial charge in [0.1, 0.15) is 0 Å². The number of unbranched alkanes of at least 4 members (excludes halogenated alkanes) is 3. The highest BCUT2D eigenvalue weighted by molar-refractivity contribution is 7.92. The van der Waals surface area contributed by atoms with E-state index in [1.165, 1.54) is 0 Å². The fraction of sp³-hybridized carbons (Fsp3) is 0.500. The summed E-state index contributed by atoms with van der Waals surface area (Å²) < 4.78 is 24.5. The highest BCUT2D eigenvalue weighted by atomic mass is 32.2. The largest absolute Gasteiger partial charge is 0.330 e. The number of nitrogens with one attached hydrogen (secondary N) is 2. The van der Waals surface area contributed by atoms with Gasteiger partial charge in [0.15, 0.2) is 0 Å². The Labute approximate surface area is 126 Å². The Hall–Kier alpha value is -1.60. The molecule has 0 spiro atoms. The van der Waals surface area contributed by atoms with Crippen LogP contribution in [0.25, 0.3) is 0 Å². The number of hydrogen-bond acceptors (Lipinski definition) is 4. The smallest absolute Gasteiger partial charge is 0.229 e. The van der Waals surface area contributed by atoms with Crippen molar-refractivity contribution in [3.05, 3.63) is 24.3 Å². The van der Waals surface area contributed by atoms with E-state index in [9.17, 15) is 13.2 Å². The maximum Gasteiger partial charge on any atom is 0.229 e. The van der Waals surface area contributed by atoms with Crippen molar-refractivity contribution < 1.29 is 13.2 Å². The molecule has 1 amide bonds. The van der Waals surface area contributed by atoms with Gasteiger partial charge in [0.25, 0.3) is 0 Å². The molecule has 6 nitrogen and oxygen atoms in total. The highest BCUT2D eigenvalue weighted by Crippen LogP contribution is 2.15. The van der Waals surface area contributed by atoms with Gasteiger partial charge in [-0.3, -0.25) is 9.52 Å². The molecular formula is C14H23N3O3S. The van der Waals surface area contributed by atoms with Crippen LogP contribution in [-0.4, -0.2) is 27.1 Å². The van der Waals surface area contributed by atoms with Crippen molar-refractivity contribution >= 4 is 27.3 Å². The van der Waals surface area contributed by atoms with Gasteiger partial charge >= 0.3 is 0 Å². The number of rotatable bonds is 9. The van der Waals surface area contributed by atoms with Crippen molar-refractivity contribution in [2.75, 3.05) is 22.8 Å². The van der Waals surface area contributed by atoms with Gasteiger partial charge < -0.3 is 11.1 Å². The van der Waals surface area contributed by atoms with E-state index < -0.39 is 10.0 Å². The molecule has 1 aromatic rings. The molecular weight excluding hydrogens is 290 g/mol. The predicted molar refractivity (Wildman–Crippen MR) is 85.7 cm³/mol. The van der Waals surface area contributed by atoms with Crippen LogP contribution in [0.3, 0.4) is 0 Å².